The molecule has 0 aliphatic heterocycles. The quantitative estimate of drug-likeness (QED) is 0.760. The van der Waals surface area contributed by atoms with Gasteiger partial charge in [-0.15, -0.1) is 0 Å². The second kappa shape index (κ2) is 5.44. The lowest BCUT2D eigenvalue weighted by Crippen LogP contribution is -2.16. The fraction of sp³-hybridized carbons (Fsp3) is 0.118. The number of amides is 1. The molecule has 1 amide bonds. The Labute approximate surface area is 128 Å². The van der Waals surface area contributed by atoms with Crippen LogP contribution in [0.2, 0.25) is 0 Å². The average Bonchev–Trinajstić information content (AvgIpc) is 2.50. The Balaban J connectivity index is 1.98. The number of benzene rings is 1. The molecule has 0 radical (unpaired) electrons. The van der Waals surface area contributed by atoms with E-state index in [9.17, 15) is 4.79 Å². The largest absolute Gasteiger partial charge is 0.383 e. The summed E-state index contributed by atoms with van der Waals surface area (Å²) in [4.78, 5) is 20.8. The third kappa shape index (κ3) is 2.61. The van der Waals surface area contributed by atoms with Gasteiger partial charge in [0.05, 0.1) is 5.56 Å². The Kier molecular flexibility index (Phi) is 3.47. The lowest BCUT2D eigenvalue weighted by atomic mass is 10.1. The van der Waals surface area contributed by atoms with Crippen molar-refractivity contribution in [1.82, 2.24) is 9.97 Å². The Morgan fingerprint density at radius 3 is 2.82 bits per heavy atom. The van der Waals surface area contributed by atoms with Crippen LogP contribution in [0.4, 0.5) is 11.5 Å². The first-order valence-corrected chi connectivity index (χ1v) is 6.94. The number of nitrogens with two attached hydrogens (primary N) is 1. The number of nitrogens with one attached hydrogen (secondary N) is 1. The normalized spacial score (nSPS) is 10.6. The molecule has 2 heterocycles. The molecule has 3 rings (SSSR count). The third-order valence-electron chi connectivity index (χ3n) is 3.50. The minimum absolute atomic E-state index is 0.175. The number of nitrogens with zero attached hydrogens (tertiary/aromatic N) is 2. The minimum atomic E-state index is -0.274. The Bertz CT molecular complexity index is 874. The van der Waals surface area contributed by atoms with E-state index in [-0.39, 0.29) is 11.7 Å². The highest BCUT2D eigenvalue weighted by Crippen LogP contribution is 2.21. The molecule has 0 saturated heterocycles. The highest BCUT2D eigenvalue weighted by molar-refractivity contribution is 6.09. The molecule has 0 aliphatic rings. The maximum atomic E-state index is 12.5. The molecular weight excluding hydrogens is 276 g/mol. The van der Waals surface area contributed by atoms with Gasteiger partial charge in [-0.05, 0) is 49.2 Å². The Morgan fingerprint density at radius 1 is 1.18 bits per heavy atom. The molecule has 1 aromatic carbocycles. The summed E-state index contributed by atoms with van der Waals surface area (Å²) in [7, 11) is 0. The van der Waals surface area contributed by atoms with Gasteiger partial charge in [-0.3, -0.25) is 4.79 Å². The van der Waals surface area contributed by atoms with E-state index in [1.54, 1.807) is 18.3 Å². The van der Waals surface area contributed by atoms with Crippen molar-refractivity contribution in [2.24, 2.45) is 0 Å². The molecule has 5 nitrogen and oxygen atoms in total. The third-order valence-corrected chi connectivity index (χ3v) is 3.50. The van der Waals surface area contributed by atoms with Gasteiger partial charge in [-0.1, -0.05) is 12.1 Å². The van der Waals surface area contributed by atoms with Gasteiger partial charge in [-0.2, -0.15) is 0 Å². The summed E-state index contributed by atoms with van der Waals surface area (Å²) in [5.41, 5.74) is 9.62. The number of aromatic nitrogens is 2. The van der Waals surface area contributed by atoms with Crippen molar-refractivity contribution in [2.75, 3.05) is 11.1 Å². The highest BCUT2D eigenvalue weighted by atomic mass is 16.1. The first-order valence-electron chi connectivity index (χ1n) is 6.94. The summed E-state index contributed by atoms with van der Waals surface area (Å²) in [6.07, 6.45) is 1.64. The molecule has 0 fully saturated rings. The summed E-state index contributed by atoms with van der Waals surface area (Å²) >= 11 is 0. The predicted octanol–water partition coefficient (Wildman–Crippen LogP) is 3.08. The first-order chi connectivity index (χ1) is 10.5. The molecule has 0 atom stereocenters. The van der Waals surface area contributed by atoms with Crippen LogP contribution in [0, 0.1) is 13.8 Å². The fourth-order valence-electron chi connectivity index (χ4n) is 2.26. The van der Waals surface area contributed by atoms with Gasteiger partial charge in [-0.25, -0.2) is 9.97 Å². The van der Waals surface area contributed by atoms with Crippen molar-refractivity contribution in [3.8, 4) is 0 Å². The summed E-state index contributed by atoms with van der Waals surface area (Å²) in [5.74, 6) is -0.0986. The molecule has 0 bridgehead atoms. The molecule has 5 heteroatoms. The lowest BCUT2D eigenvalue weighted by Gasteiger charge is -2.11. The second-order valence-corrected chi connectivity index (χ2v) is 5.24. The summed E-state index contributed by atoms with van der Waals surface area (Å²) in [6.45, 7) is 3.92. The van der Waals surface area contributed by atoms with Gasteiger partial charge in [0, 0.05) is 17.3 Å². The van der Waals surface area contributed by atoms with E-state index in [0.717, 1.165) is 22.2 Å². The maximum Gasteiger partial charge on any atom is 0.259 e. The highest BCUT2D eigenvalue weighted by Gasteiger charge is 2.14. The van der Waals surface area contributed by atoms with Crippen LogP contribution in [-0.2, 0) is 0 Å². The molecule has 2 aromatic heterocycles. The number of rotatable bonds is 2. The van der Waals surface area contributed by atoms with Crippen molar-refractivity contribution in [3.05, 3.63) is 59.3 Å². The SMILES string of the molecule is Cc1ccc(C)c(NC(=O)c2cc3cccnc3nc2N)c1. The molecule has 0 unspecified atom stereocenters. The van der Waals surface area contributed by atoms with E-state index in [1.165, 1.54) is 0 Å². The average molecular weight is 292 g/mol. The van der Waals surface area contributed by atoms with E-state index < -0.39 is 0 Å². The monoisotopic (exact) mass is 292 g/mol. The van der Waals surface area contributed by atoms with E-state index >= 15 is 0 Å². The van der Waals surface area contributed by atoms with Crippen molar-refractivity contribution in [3.63, 3.8) is 0 Å². The Morgan fingerprint density at radius 2 is 2.00 bits per heavy atom. The molecule has 0 spiro atoms. The molecule has 3 N–H and O–H groups in total. The van der Waals surface area contributed by atoms with Gasteiger partial charge in [0.15, 0.2) is 5.65 Å². The van der Waals surface area contributed by atoms with Crippen molar-refractivity contribution in [1.29, 1.82) is 0 Å². The van der Waals surface area contributed by atoms with Crippen molar-refractivity contribution in [2.45, 2.75) is 13.8 Å². The van der Waals surface area contributed by atoms with Crippen molar-refractivity contribution < 1.29 is 4.79 Å². The molecule has 110 valence electrons. The van der Waals surface area contributed by atoms with Crippen LogP contribution < -0.4 is 11.1 Å². The van der Waals surface area contributed by atoms with Crippen LogP contribution in [0.1, 0.15) is 21.5 Å². The zero-order valence-electron chi connectivity index (χ0n) is 12.4. The van der Waals surface area contributed by atoms with Gasteiger partial charge < -0.3 is 11.1 Å². The minimum Gasteiger partial charge on any atom is -0.383 e. The van der Waals surface area contributed by atoms with Crippen LogP contribution in [0.25, 0.3) is 11.0 Å². The number of pyridine rings is 2. The van der Waals surface area contributed by atoms with E-state index in [0.29, 0.717) is 11.2 Å². The predicted molar refractivity (Wildman–Crippen MR) is 87.8 cm³/mol. The summed E-state index contributed by atoms with van der Waals surface area (Å²) in [6, 6.07) is 11.3. The zero-order chi connectivity index (χ0) is 15.7. The summed E-state index contributed by atoms with van der Waals surface area (Å²) in [5, 5.41) is 3.67. The maximum absolute atomic E-state index is 12.5. The second-order valence-electron chi connectivity index (χ2n) is 5.24. The topological polar surface area (TPSA) is 80.9 Å². The van der Waals surface area contributed by atoms with Gasteiger partial charge in [0.2, 0.25) is 0 Å². The van der Waals surface area contributed by atoms with Crippen LogP contribution in [0.5, 0.6) is 0 Å². The molecule has 3 aromatic rings. The zero-order valence-corrected chi connectivity index (χ0v) is 12.4. The number of carbonyl (C=O) groups is 1. The van der Waals surface area contributed by atoms with Gasteiger partial charge in [0.1, 0.15) is 5.82 Å². The number of carbonyl (C=O) groups excluding carboxylic acids is 1. The van der Waals surface area contributed by atoms with Crippen LogP contribution >= 0.6 is 0 Å². The van der Waals surface area contributed by atoms with Crippen LogP contribution in [0.3, 0.4) is 0 Å². The van der Waals surface area contributed by atoms with Crippen LogP contribution in [-0.4, -0.2) is 15.9 Å². The number of hydrogen-bond donors (Lipinski definition) is 2. The fourth-order valence-corrected chi connectivity index (χ4v) is 2.26. The molecular formula is C17H16N4O. The number of nitrogen functional groups attached to an aromatic ring is 1. The van der Waals surface area contributed by atoms with Crippen LogP contribution in [0.15, 0.2) is 42.6 Å². The number of anilines is 2. The van der Waals surface area contributed by atoms with E-state index in [1.807, 2.05) is 38.1 Å². The molecule has 0 aliphatic carbocycles. The van der Waals surface area contributed by atoms with Crippen molar-refractivity contribution >= 4 is 28.4 Å². The standard InChI is InChI=1S/C17H16N4O/c1-10-5-6-11(2)14(8-10)20-17(22)13-9-12-4-3-7-19-16(12)21-15(13)18/h3-9H,1-2H3,(H,20,22)(H2,18,19,21). The number of fused-ring (bicyclic) bond motifs is 1. The van der Waals surface area contributed by atoms with E-state index in [4.69, 9.17) is 5.73 Å². The Hall–Kier alpha value is -2.95. The molecule has 0 saturated carbocycles. The van der Waals surface area contributed by atoms with Gasteiger partial charge >= 0.3 is 0 Å². The smallest absolute Gasteiger partial charge is 0.259 e. The summed E-state index contributed by atoms with van der Waals surface area (Å²) < 4.78 is 0. The van der Waals surface area contributed by atoms with E-state index in [2.05, 4.69) is 15.3 Å². The number of hydrogen-bond acceptors (Lipinski definition) is 4. The molecule has 22 heavy (non-hydrogen) atoms. The number of aryl methyl sites for hydroxylation is 2. The van der Waals surface area contributed by atoms with Gasteiger partial charge in [0.25, 0.3) is 5.91 Å². The lowest BCUT2D eigenvalue weighted by molar-refractivity contribution is 0.102. The first kappa shape index (κ1) is 14.0.